The number of carbonyl (C=O) groups excluding carboxylic acids is 2. The molecule has 23 heavy (non-hydrogen) atoms. The van der Waals surface area contributed by atoms with E-state index in [4.69, 9.17) is 4.74 Å². The lowest BCUT2D eigenvalue weighted by Crippen LogP contribution is -2.45. The van der Waals surface area contributed by atoms with Crippen molar-refractivity contribution < 1.29 is 14.3 Å². The van der Waals surface area contributed by atoms with E-state index in [9.17, 15) is 9.59 Å². The van der Waals surface area contributed by atoms with Crippen molar-refractivity contribution in [3.8, 4) is 5.75 Å². The molecule has 3 rings (SSSR count). The van der Waals surface area contributed by atoms with Gasteiger partial charge in [0, 0.05) is 18.9 Å². The summed E-state index contributed by atoms with van der Waals surface area (Å²) in [5, 5.41) is 2.81. The fourth-order valence-electron chi connectivity index (χ4n) is 2.39. The van der Waals surface area contributed by atoms with Gasteiger partial charge in [-0.3, -0.25) is 19.5 Å². The van der Waals surface area contributed by atoms with E-state index in [2.05, 4.69) is 10.3 Å². The molecule has 1 aromatic heterocycles. The molecule has 2 amide bonds. The van der Waals surface area contributed by atoms with Gasteiger partial charge in [0.05, 0.1) is 5.69 Å². The lowest BCUT2D eigenvalue weighted by molar-refractivity contribution is -0.125. The maximum absolute atomic E-state index is 12.2. The third-order valence-corrected chi connectivity index (χ3v) is 3.60. The Morgan fingerprint density at radius 3 is 2.87 bits per heavy atom. The first-order valence-electron chi connectivity index (χ1n) is 7.33. The Bertz CT molecular complexity index is 731. The fourth-order valence-corrected chi connectivity index (χ4v) is 2.39. The molecule has 1 aromatic carbocycles. The van der Waals surface area contributed by atoms with Crippen molar-refractivity contribution in [1.29, 1.82) is 0 Å². The molecule has 0 radical (unpaired) electrons. The first-order valence-corrected chi connectivity index (χ1v) is 7.33. The van der Waals surface area contributed by atoms with Crippen LogP contribution in [-0.2, 0) is 16.1 Å². The minimum atomic E-state index is -0.220. The third kappa shape index (κ3) is 3.48. The first-order chi connectivity index (χ1) is 11.1. The summed E-state index contributed by atoms with van der Waals surface area (Å²) in [5.74, 6) is 0.184. The van der Waals surface area contributed by atoms with E-state index in [1.165, 1.54) is 4.90 Å². The maximum Gasteiger partial charge on any atom is 0.265 e. The van der Waals surface area contributed by atoms with Gasteiger partial charge in [0.1, 0.15) is 12.3 Å². The van der Waals surface area contributed by atoms with Crippen LogP contribution in [0.3, 0.4) is 0 Å². The highest BCUT2D eigenvalue weighted by atomic mass is 16.5. The average Bonchev–Trinajstić information content (AvgIpc) is 2.57. The van der Waals surface area contributed by atoms with Gasteiger partial charge in [-0.2, -0.15) is 0 Å². The Hall–Kier alpha value is -2.89. The maximum atomic E-state index is 12.2. The summed E-state index contributed by atoms with van der Waals surface area (Å²) in [7, 11) is 0. The molecule has 6 nitrogen and oxygen atoms in total. The molecule has 0 bridgehead atoms. The highest BCUT2D eigenvalue weighted by molar-refractivity contribution is 6.02. The van der Waals surface area contributed by atoms with E-state index in [-0.39, 0.29) is 25.0 Å². The minimum Gasteiger partial charge on any atom is -0.482 e. The molecule has 0 fully saturated rings. The summed E-state index contributed by atoms with van der Waals surface area (Å²) in [5.41, 5.74) is 2.60. The van der Waals surface area contributed by atoms with Crippen molar-refractivity contribution in [2.45, 2.75) is 13.5 Å². The smallest absolute Gasteiger partial charge is 0.265 e. The summed E-state index contributed by atoms with van der Waals surface area (Å²) in [6.07, 6.45) is 3.35. The van der Waals surface area contributed by atoms with E-state index in [0.717, 1.165) is 11.1 Å². The van der Waals surface area contributed by atoms with Crippen molar-refractivity contribution in [2.75, 3.05) is 18.1 Å². The number of aryl methyl sites for hydroxylation is 1. The molecule has 0 atom stereocenters. The Morgan fingerprint density at radius 2 is 2.09 bits per heavy atom. The van der Waals surface area contributed by atoms with Crippen LogP contribution in [0.5, 0.6) is 5.75 Å². The van der Waals surface area contributed by atoms with Crippen molar-refractivity contribution in [3.63, 3.8) is 0 Å². The number of anilines is 1. The number of hydrogen-bond acceptors (Lipinski definition) is 4. The number of nitrogens with zero attached hydrogens (tertiary/aromatic N) is 2. The first kappa shape index (κ1) is 15.0. The Kier molecular flexibility index (Phi) is 4.23. The molecule has 0 unspecified atom stereocenters. The molecule has 1 aliphatic rings. The number of ether oxygens (including phenoxy) is 1. The molecule has 1 N–H and O–H groups in total. The standard InChI is InChI=1S/C17H17N3O3/c1-12-2-3-15-14(8-12)20(17(22)11-23-15)10-16(21)19-9-13-4-6-18-7-5-13/h2-8H,9-11H2,1H3,(H,19,21). The van der Waals surface area contributed by atoms with Gasteiger partial charge in [-0.25, -0.2) is 0 Å². The number of rotatable bonds is 4. The molecule has 0 saturated heterocycles. The normalized spacial score (nSPS) is 13.3. The monoisotopic (exact) mass is 311 g/mol. The highest BCUT2D eigenvalue weighted by Crippen LogP contribution is 2.32. The van der Waals surface area contributed by atoms with E-state index in [1.807, 2.05) is 37.3 Å². The number of nitrogens with one attached hydrogen (secondary N) is 1. The van der Waals surface area contributed by atoms with Gasteiger partial charge in [0.15, 0.2) is 6.61 Å². The SMILES string of the molecule is Cc1ccc2c(c1)N(CC(=O)NCc1ccncc1)C(=O)CO2. The zero-order chi connectivity index (χ0) is 16.2. The highest BCUT2D eigenvalue weighted by Gasteiger charge is 2.27. The number of fused-ring (bicyclic) bond motifs is 1. The van der Waals surface area contributed by atoms with E-state index in [0.29, 0.717) is 18.0 Å². The van der Waals surface area contributed by atoms with Crippen LogP contribution in [0.25, 0.3) is 0 Å². The number of amides is 2. The van der Waals surface area contributed by atoms with Gasteiger partial charge < -0.3 is 10.1 Å². The summed E-state index contributed by atoms with van der Waals surface area (Å²) >= 11 is 0. The molecule has 1 aliphatic heterocycles. The Balaban J connectivity index is 1.68. The summed E-state index contributed by atoms with van der Waals surface area (Å²) in [4.78, 5) is 29.6. The average molecular weight is 311 g/mol. The number of hydrogen-bond donors (Lipinski definition) is 1. The van der Waals surface area contributed by atoms with Gasteiger partial charge in [-0.15, -0.1) is 0 Å². The quantitative estimate of drug-likeness (QED) is 0.927. The molecular weight excluding hydrogens is 294 g/mol. The number of benzene rings is 1. The van der Waals surface area contributed by atoms with Crippen LogP contribution in [0.15, 0.2) is 42.7 Å². The fraction of sp³-hybridized carbons (Fsp3) is 0.235. The molecular formula is C17H17N3O3. The Labute approximate surface area is 134 Å². The van der Waals surface area contributed by atoms with Crippen LogP contribution < -0.4 is 15.0 Å². The predicted molar refractivity (Wildman–Crippen MR) is 85.1 cm³/mol. The molecule has 2 aromatic rings. The van der Waals surface area contributed by atoms with Crippen molar-refractivity contribution in [1.82, 2.24) is 10.3 Å². The number of aromatic nitrogens is 1. The third-order valence-electron chi connectivity index (χ3n) is 3.60. The van der Waals surface area contributed by atoms with Crippen LogP contribution >= 0.6 is 0 Å². The lowest BCUT2D eigenvalue weighted by atomic mass is 10.1. The topological polar surface area (TPSA) is 71.5 Å². The van der Waals surface area contributed by atoms with Crippen LogP contribution in [-0.4, -0.2) is 29.9 Å². The minimum absolute atomic E-state index is 0.0241. The molecule has 6 heteroatoms. The summed E-state index contributed by atoms with van der Waals surface area (Å²) in [6.45, 7) is 2.26. The van der Waals surface area contributed by atoms with E-state index >= 15 is 0 Å². The zero-order valence-electron chi connectivity index (χ0n) is 12.8. The number of pyridine rings is 1. The predicted octanol–water partition coefficient (Wildman–Crippen LogP) is 1.43. The second kappa shape index (κ2) is 6.48. The van der Waals surface area contributed by atoms with Gasteiger partial charge in [-0.1, -0.05) is 6.07 Å². The van der Waals surface area contributed by atoms with Gasteiger partial charge >= 0.3 is 0 Å². The molecule has 2 heterocycles. The van der Waals surface area contributed by atoms with E-state index in [1.54, 1.807) is 12.4 Å². The van der Waals surface area contributed by atoms with Gasteiger partial charge in [0.25, 0.3) is 5.91 Å². The van der Waals surface area contributed by atoms with Crippen molar-refractivity contribution >= 4 is 17.5 Å². The Morgan fingerprint density at radius 1 is 1.30 bits per heavy atom. The second-order valence-electron chi connectivity index (χ2n) is 5.37. The second-order valence-corrected chi connectivity index (χ2v) is 5.37. The van der Waals surface area contributed by atoms with Crippen LogP contribution in [0.4, 0.5) is 5.69 Å². The van der Waals surface area contributed by atoms with Gasteiger partial charge in [-0.05, 0) is 42.3 Å². The zero-order valence-corrected chi connectivity index (χ0v) is 12.8. The van der Waals surface area contributed by atoms with E-state index < -0.39 is 0 Å². The van der Waals surface area contributed by atoms with Crippen LogP contribution in [0, 0.1) is 6.92 Å². The molecule has 0 spiro atoms. The summed E-state index contributed by atoms with van der Waals surface area (Å²) in [6, 6.07) is 9.25. The molecule has 0 saturated carbocycles. The lowest BCUT2D eigenvalue weighted by Gasteiger charge is -2.29. The van der Waals surface area contributed by atoms with Crippen molar-refractivity contribution in [2.24, 2.45) is 0 Å². The largest absolute Gasteiger partial charge is 0.482 e. The van der Waals surface area contributed by atoms with Gasteiger partial charge in [0.2, 0.25) is 5.91 Å². The van der Waals surface area contributed by atoms with Crippen molar-refractivity contribution in [3.05, 3.63) is 53.9 Å². The molecule has 0 aliphatic carbocycles. The molecule has 118 valence electrons. The summed E-state index contributed by atoms with van der Waals surface area (Å²) < 4.78 is 5.40. The van der Waals surface area contributed by atoms with Crippen LogP contribution in [0.1, 0.15) is 11.1 Å². The number of carbonyl (C=O) groups is 2. The van der Waals surface area contributed by atoms with Crippen LogP contribution in [0.2, 0.25) is 0 Å².